The molecule has 1 aliphatic heterocycles. The molecule has 2 aromatic carbocycles. The van der Waals surface area contributed by atoms with Crippen LogP contribution in [0, 0.1) is 0 Å². The number of fused-ring (bicyclic) bond motifs is 1. The molecule has 2 aromatic rings. The molecule has 0 spiro atoms. The number of hydrogen-bond acceptors (Lipinski definition) is 3. The number of carbonyl (C=O) groups is 3. The van der Waals surface area contributed by atoms with Gasteiger partial charge in [0.25, 0.3) is 0 Å². The third-order valence-corrected chi connectivity index (χ3v) is 6.07. The summed E-state index contributed by atoms with van der Waals surface area (Å²) in [5.41, 5.74) is 1.23. The van der Waals surface area contributed by atoms with E-state index in [9.17, 15) is 14.4 Å². The molecular weight excluding hydrogens is 416 g/mol. The molecule has 2 fully saturated rings. The minimum atomic E-state index is -0.879. The van der Waals surface area contributed by atoms with Crippen molar-refractivity contribution in [1.82, 2.24) is 10.2 Å². The van der Waals surface area contributed by atoms with E-state index in [1.165, 1.54) is 0 Å². The van der Waals surface area contributed by atoms with Gasteiger partial charge in [0.15, 0.2) is 0 Å². The number of nitrogens with one attached hydrogen (secondary N) is 3. The zero-order chi connectivity index (χ0) is 21.8. The monoisotopic (exact) mass is 440 g/mol. The Hall–Kier alpha value is -3.06. The number of hydrogen-bond donors (Lipinski definition) is 3. The van der Waals surface area contributed by atoms with Crippen molar-refractivity contribution in [3.8, 4) is 0 Å². The molecule has 2 aliphatic rings. The van der Waals surface area contributed by atoms with Crippen LogP contribution in [0.15, 0.2) is 54.6 Å². The largest absolute Gasteiger partial charge is 0.349 e. The van der Waals surface area contributed by atoms with Crippen LogP contribution in [0.4, 0.5) is 16.2 Å². The molecule has 1 heterocycles. The minimum absolute atomic E-state index is 0.0849. The van der Waals surface area contributed by atoms with Crippen molar-refractivity contribution in [2.75, 3.05) is 10.6 Å². The van der Waals surface area contributed by atoms with E-state index in [-0.39, 0.29) is 36.3 Å². The molecule has 0 unspecified atom stereocenters. The van der Waals surface area contributed by atoms with Crippen molar-refractivity contribution < 1.29 is 14.4 Å². The van der Waals surface area contributed by atoms with Crippen LogP contribution in [-0.2, 0) is 9.59 Å². The summed E-state index contributed by atoms with van der Waals surface area (Å²) in [6, 6.07) is 14.4. The number of anilines is 2. The Labute approximate surface area is 186 Å². The lowest BCUT2D eigenvalue weighted by molar-refractivity contribution is -0.135. The van der Waals surface area contributed by atoms with E-state index in [0.29, 0.717) is 16.4 Å². The first kappa shape index (κ1) is 21.2. The van der Waals surface area contributed by atoms with Gasteiger partial charge in [-0.2, -0.15) is 0 Å². The maximum Gasteiger partial charge on any atom is 0.322 e. The molecule has 1 aliphatic carbocycles. The Balaban J connectivity index is 1.53. The average Bonchev–Trinajstić information content (AvgIpc) is 2.76. The molecule has 3 N–H and O–H groups in total. The molecular formula is C23H25ClN4O3. The van der Waals surface area contributed by atoms with Crippen LogP contribution in [-0.4, -0.2) is 40.9 Å². The maximum atomic E-state index is 13.2. The fourth-order valence-corrected chi connectivity index (χ4v) is 4.49. The van der Waals surface area contributed by atoms with Crippen LogP contribution in [0.25, 0.3) is 0 Å². The number of rotatable bonds is 4. The molecule has 0 bridgehead atoms. The topological polar surface area (TPSA) is 90.5 Å². The summed E-state index contributed by atoms with van der Waals surface area (Å²) in [4.78, 5) is 40.5. The highest BCUT2D eigenvalue weighted by molar-refractivity contribution is 6.30. The summed E-state index contributed by atoms with van der Waals surface area (Å²) in [7, 11) is 0. The van der Waals surface area contributed by atoms with Crippen LogP contribution in [0.5, 0.6) is 0 Å². The van der Waals surface area contributed by atoms with Crippen LogP contribution >= 0.6 is 11.6 Å². The van der Waals surface area contributed by atoms with E-state index in [2.05, 4.69) is 16.0 Å². The quantitative estimate of drug-likeness (QED) is 0.670. The van der Waals surface area contributed by atoms with Crippen molar-refractivity contribution >= 4 is 40.8 Å². The second kappa shape index (κ2) is 9.39. The van der Waals surface area contributed by atoms with Gasteiger partial charge >= 0.3 is 6.03 Å². The van der Waals surface area contributed by atoms with Gasteiger partial charge in [0.2, 0.25) is 11.8 Å². The third kappa shape index (κ3) is 4.99. The number of amides is 4. The van der Waals surface area contributed by atoms with E-state index in [1.54, 1.807) is 41.3 Å². The molecule has 0 aromatic heterocycles. The zero-order valence-corrected chi connectivity index (χ0v) is 17.8. The molecule has 0 radical (unpaired) electrons. The Morgan fingerprint density at radius 1 is 0.968 bits per heavy atom. The first-order valence-electron chi connectivity index (χ1n) is 10.5. The number of carbonyl (C=O) groups excluding carboxylic acids is 3. The van der Waals surface area contributed by atoms with E-state index >= 15 is 0 Å². The van der Waals surface area contributed by atoms with Crippen molar-refractivity contribution in [2.24, 2.45) is 0 Å². The Bertz CT molecular complexity index is 951. The Kier molecular flexibility index (Phi) is 6.42. The van der Waals surface area contributed by atoms with Gasteiger partial charge in [0, 0.05) is 22.4 Å². The summed E-state index contributed by atoms with van der Waals surface area (Å²) >= 11 is 5.89. The normalized spacial score (nSPS) is 22.8. The average molecular weight is 441 g/mol. The van der Waals surface area contributed by atoms with Gasteiger partial charge in [-0.25, -0.2) is 4.79 Å². The zero-order valence-electron chi connectivity index (χ0n) is 17.0. The lowest BCUT2D eigenvalue weighted by Crippen LogP contribution is -2.68. The number of urea groups is 1. The molecule has 7 nitrogen and oxygen atoms in total. The summed E-state index contributed by atoms with van der Waals surface area (Å²) in [6.07, 6.45) is 3.49. The summed E-state index contributed by atoms with van der Waals surface area (Å²) in [5, 5.41) is 9.27. The van der Waals surface area contributed by atoms with E-state index < -0.39 is 6.04 Å². The second-order valence-corrected chi connectivity index (χ2v) is 8.38. The van der Waals surface area contributed by atoms with E-state index in [4.69, 9.17) is 11.6 Å². The van der Waals surface area contributed by atoms with Crippen molar-refractivity contribution in [3.63, 3.8) is 0 Å². The maximum absolute atomic E-state index is 13.2. The summed E-state index contributed by atoms with van der Waals surface area (Å²) in [5.74, 6) is -0.633. The Morgan fingerprint density at radius 2 is 1.65 bits per heavy atom. The van der Waals surface area contributed by atoms with E-state index in [1.807, 2.05) is 18.2 Å². The highest BCUT2D eigenvalue weighted by Gasteiger charge is 2.46. The predicted molar refractivity (Wildman–Crippen MR) is 120 cm³/mol. The smallest absolute Gasteiger partial charge is 0.322 e. The lowest BCUT2D eigenvalue weighted by Gasteiger charge is -2.47. The van der Waals surface area contributed by atoms with Gasteiger partial charge < -0.3 is 20.9 Å². The van der Waals surface area contributed by atoms with Crippen LogP contribution in [0.1, 0.15) is 32.1 Å². The van der Waals surface area contributed by atoms with Gasteiger partial charge in [0.1, 0.15) is 6.04 Å². The first-order chi connectivity index (χ1) is 15.0. The molecule has 31 heavy (non-hydrogen) atoms. The number of piperazine rings is 1. The highest BCUT2D eigenvalue weighted by Crippen LogP contribution is 2.30. The second-order valence-electron chi connectivity index (χ2n) is 7.95. The molecule has 1 saturated heterocycles. The molecule has 4 amide bonds. The minimum Gasteiger partial charge on any atom is -0.349 e. The van der Waals surface area contributed by atoms with Gasteiger partial charge in [-0.1, -0.05) is 42.6 Å². The molecule has 8 heteroatoms. The van der Waals surface area contributed by atoms with Crippen LogP contribution in [0.3, 0.4) is 0 Å². The standard InChI is InChI=1S/C23H25ClN4O3/c24-15-10-12-17(13-11-15)25-21(29)14-20-22(30)27-18-8-4-5-9-19(18)28(20)23(31)26-16-6-2-1-3-7-16/h1-3,6-7,10-13,18-20H,4-5,8-9,14H2,(H,25,29)(H,26,31)(H,27,30)/t18-,19-,20+/m0/s1. The van der Waals surface area contributed by atoms with Crippen LogP contribution < -0.4 is 16.0 Å². The number of benzene rings is 2. The SMILES string of the molecule is O=C(C[C@@H]1C(=O)N[C@H]2CCCC[C@@H]2N1C(=O)Nc1ccccc1)Nc1ccc(Cl)cc1. The van der Waals surface area contributed by atoms with Crippen molar-refractivity contribution in [1.29, 1.82) is 0 Å². The fourth-order valence-electron chi connectivity index (χ4n) is 4.36. The van der Waals surface area contributed by atoms with Crippen LogP contribution in [0.2, 0.25) is 5.02 Å². The highest BCUT2D eigenvalue weighted by atomic mass is 35.5. The van der Waals surface area contributed by atoms with Gasteiger partial charge in [-0.05, 0) is 49.2 Å². The van der Waals surface area contributed by atoms with Gasteiger partial charge in [-0.15, -0.1) is 0 Å². The first-order valence-corrected chi connectivity index (χ1v) is 10.9. The molecule has 162 valence electrons. The number of para-hydroxylation sites is 1. The van der Waals surface area contributed by atoms with Gasteiger partial charge in [0.05, 0.1) is 12.5 Å². The lowest BCUT2D eigenvalue weighted by atomic mass is 9.85. The van der Waals surface area contributed by atoms with Crippen molar-refractivity contribution in [2.45, 2.75) is 50.2 Å². The number of halogens is 1. The van der Waals surface area contributed by atoms with Gasteiger partial charge in [-0.3, -0.25) is 9.59 Å². The molecule has 4 rings (SSSR count). The Morgan fingerprint density at radius 3 is 2.39 bits per heavy atom. The molecule has 3 atom stereocenters. The summed E-state index contributed by atoms with van der Waals surface area (Å²) < 4.78 is 0. The number of nitrogens with zero attached hydrogens (tertiary/aromatic N) is 1. The van der Waals surface area contributed by atoms with E-state index in [0.717, 1.165) is 25.7 Å². The third-order valence-electron chi connectivity index (χ3n) is 5.82. The summed E-state index contributed by atoms with van der Waals surface area (Å²) in [6.45, 7) is 0. The fraction of sp³-hybridized carbons (Fsp3) is 0.348. The van der Waals surface area contributed by atoms with Crippen molar-refractivity contribution in [3.05, 3.63) is 59.6 Å². The predicted octanol–water partition coefficient (Wildman–Crippen LogP) is 4.01. The molecule has 1 saturated carbocycles.